The number of anilines is 2. The van der Waals surface area contributed by atoms with Gasteiger partial charge in [0.25, 0.3) is 0 Å². The van der Waals surface area contributed by atoms with Crippen molar-refractivity contribution in [2.75, 3.05) is 16.8 Å². The first-order valence-electron chi connectivity index (χ1n) is 13.4. The highest BCUT2D eigenvalue weighted by molar-refractivity contribution is 6.01. The molecule has 6 rings (SSSR count). The van der Waals surface area contributed by atoms with Gasteiger partial charge in [-0.25, -0.2) is 9.18 Å². The molecule has 1 aliphatic heterocycles. The molecule has 6 nitrogen and oxygen atoms in total. The second-order valence-electron chi connectivity index (χ2n) is 10.6. The molecule has 1 unspecified atom stereocenters. The van der Waals surface area contributed by atoms with Gasteiger partial charge in [0.1, 0.15) is 18.4 Å². The van der Waals surface area contributed by atoms with Gasteiger partial charge in [-0.05, 0) is 78.4 Å². The number of halogens is 1. The fourth-order valence-electron chi connectivity index (χ4n) is 5.34. The number of fused-ring (bicyclic) bond motifs is 3. The molecule has 0 radical (unpaired) electrons. The lowest BCUT2D eigenvalue weighted by Crippen LogP contribution is -2.48. The first-order chi connectivity index (χ1) is 18.9. The molecular weight excluding hydrogens is 491 g/mol. The number of carbonyl (C=O) groups excluding carboxylic acids is 2. The van der Waals surface area contributed by atoms with E-state index in [1.54, 1.807) is 21.9 Å². The van der Waals surface area contributed by atoms with Gasteiger partial charge < -0.3 is 14.8 Å². The van der Waals surface area contributed by atoms with Gasteiger partial charge in [0.2, 0.25) is 5.91 Å². The summed E-state index contributed by atoms with van der Waals surface area (Å²) < 4.78 is 15.9. The second kappa shape index (κ2) is 10.1. The summed E-state index contributed by atoms with van der Waals surface area (Å²) in [6.45, 7) is 4.19. The molecule has 4 aromatic rings. The van der Waals surface area contributed by atoms with E-state index in [1.807, 2.05) is 66.9 Å². The summed E-state index contributed by atoms with van der Waals surface area (Å²) in [5.41, 5.74) is 5.24. The molecule has 1 N–H and O–H groups in total. The molecule has 1 fully saturated rings. The fraction of sp³-hybridized carbons (Fsp3) is 0.250. The van der Waals surface area contributed by atoms with E-state index in [4.69, 9.17) is 0 Å². The van der Waals surface area contributed by atoms with Crippen LogP contribution in [0.1, 0.15) is 55.5 Å². The first-order valence-corrected chi connectivity index (χ1v) is 13.4. The van der Waals surface area contributed by atoms with Crippen molar-refractivity contribution in [3.05, 3.63) is 114 Å². The zero-order valence-corrected chi connectivity index (χ0v) is 22.0. The molecule has 2 heterocycles. The van der Waals surface area contributed by atoms with Crippen LogP contribution in [0.5, 0.6) is 0 Å². The lowest BCUT2D eigenvalue weighted by molar-refractivity contribution is -0.119. The zero-order chi connectivity index (χ0) is 27.1. The second-order valence-corrected chi connectivity index (χ2v) is 10.6. The average molecular weight is 523 g/mol. The maximum Gasteiger partial charge on any atom is 0.322 e. The molecule has 3 aromatic carbocycles. The number of urea groups is 1. The minimum atomic E-state index is -0.462. The van der Waals surface area contributed by atoms with Crippen molar-refractivity contribution >= 4 is 23.3 Å². The highest BCUT2D eigenvalue weighted by atomic mass is 19.1. The lowest BCUT2D eigenvalue weighted by Gasteiger charge is -2.39. The maximum atomic E-state index is 14.2. The monoisotopic (exact) mass is 522 g/mol. The Bertz CT molecular complexity index is 1510. The third-order valence-corrected chi connectivity index (χ3v) is 7.56. The average Bonchev–Trinajstić information content (AvgIpc) is 3.66. The number of benzene rings is 3. The number of hydrogen-bond donors (Lipinski definition) is 1. The number of nitrogens with zero attached hydrogens (tertiary/aromatic N) is 3. The summed E-state index contributed by atoms with van der Waals surface area (Å²) in [6.07, 6.45) is 3.71. The van der Waals surface area contributed by atoms with Gasteiger partial charge in [-0.2, -0.15) is 0 Å². The molecule has 7 heteroatoms. The maximum absolute atomic E-state index is 14.2. The van der Waals surface area contributed by atoms with E-state index in [2.05, 4.69) is 23.7 Å². The van der Waals surface area contributed by atoms with Gasteiger partial charge in [0, 0.05) is 17.9 Å². The summed E-state index contributed by atoms with van der Waals surface area (Å²) >= 11 is 0. The van der Waals surface area contributed by atoms with Crippen LogP contribution in [0.25, 0.3) is 5.69 Å². The topological polar surface area (TPSA) is 57.6 Å². The molecular formula is C32H31FN4O2. The molecule has 1 aromatic heterocycles. The minimum Gasteiger partial charge on any atom is -0.316 e. The standard InChI is InChI=1S/C32H31FN4O2/c1-21(2)22-11-15-25(16-12-22)34-32(39)36(26-17-18-26)20-30(38)37-28-7-4-3-6-27(28)35-19-5-8-29(35)31(37)23-9-13-24(33)14-10-23/h3-16,19,21,26,31H,17-18,20H2,1-2H3,(H,34,39). The number of nitrogens with one attached hydrogen (secondary N) is 1. The SMILES string of the molecule is CC(C)c1ccc(NC(=O)N(CC(=O)N2c3ccccc3-n3cccc3C2c2ccc(F)cc2)C2CC2)cc1. The van der Waals surface area contributed by atoms with Crippen molar-refractivity contribution in [2.24, 2.45) is 0 Å². The molecule has 0 spiro atoms. The zero-order valence-electron chi connectivity index (χ0n) is 22.0. The molecule has 1 aliphatic carbocycles. The fourth-order valence-corrected chi connectivity index (χ4v) is 5.34. The van der Waals surface area contributed by atoms with Crippen LogP contribution in [0.3, 0.4) is 0 Å². The van der Waals surface area contributed by atoms with Gasteiger partial charge in [-0.1, -0.05) is 50.2 Å². The molecule has 1 atom stereocenters. The normalized spacial score (nSPS) is 16.0. The van der Waals surface area contributed by atoms with E-state index in [0.29, 0.717) is 11.6 Å². The Kier molecular flexibility index (Phi) is 6.43. The van der Waals surface area contributed by atoms with Crippen LogP contribution >= 0.6 is 0 Å². The molecule has 198 valence electrons. The van der Waals surface area contributed by atoms with Crippen LogP contribution < -0.4 is 10.2 Å². The smallest absolute Gasteiger partial charge is 0.316 e. The van der Waals surface area contributed by atoms with Gasteiger partial charge >= 0.3 is 6.03 Å². The molecule has 3 amide bonds. The minimum absolute atomic E-state index is 0.0250. The highest BCUT2D eigenvalue weighted by Gasteiger charge is 2.40. The predicted octanol–water partition coefficient (Wildman–Crippen LogP) is 6.87. The molecule has 39 heavy (non-hydrogen) atoms. The van der Waals surface area contributed by atoms with E-state index in [-0.39, 0.29) is 30.3 Å². The van der Waals surface area contributed by atoms with Gasteiger partial charge in [-0.15, -0.1) is 0 Å². The Balaban J connectivity index is 1.32. The quantitative estimate of drug-likeness (QED) is 0.300. The van der Waals surface area contributed by atoms with Crippen LogP contribution in [-0.2, 0) is 4.79 Å². The number of rotatable bonds is 6. The molecule has 2 aliphatic rings. The Morgan fingerprint density at radius 2 is 1.62 bits per heavy atom. The van der Waals surface area contributed by atoms with Gasteiger partial charge in [0.05, 0.1) is 17.1 Å². The van der Waals surface area contributed by atoms with Crippen molar-refractivity contribution < 1.29 is 14.0 Å². The Morgan fingerprint density at radius 1 is 0.923 bits per heavy atom. The van der Waals surface area contributed by atoms with E-state index < -0.39 is 6.04 Å². The Labute approximate surface area is 227 Å². The number of aromatic nitrogens is 1. The van der Waals surface area contributed by atoms with Crippen molar-refractivity contribution in [1.82, 2.24) is 9.47 Å². The van der Waals surface area contributed by atoms with Crippen molar-refractivity contribution in [2.45, 2.75) is 44.7 Å². The molecule has 1 saturated carbocycles. The lowest BCUT2D eigenvalue weighted by atomic mass is 9.97. The highest BCUT2D eigenvalue weighted by Crippen LogP contribution is 2.42. The predicted molar refractivity (Wildman–Crippen MR) is 151 cm³/mol. The number of carbonyl (C=O) groups is 2. The van der Waals surface area contributed by atoms with E-state index in [0.717, 1.165) is 35.5 Å². The summed E-state index contributed by atoms with van der Waals surface area (Å²) in [6, 6.07) is 25.1. The van der Waals surface area contributed by atoms with Crippen LogP contribution in [0.15, 0.2) is 91.1 Å². The summed E-state index contributed by atoms with van der Waals surface area (Å²) in [7, 11) is 0. The van der Waals surface area contributed by atoms with E-state index >= 15 is 0 Å². The van der Waals surface area contributed by atoms with Crippen LogP contribution in [0.4, 0.5) is 20.6 Å². The molecule has 0 saturated heterocycles. The van der Waals surface area contributed by atoms with E-state index in [9.17, 15) is 14.0 Å². The summed E-state index contributed by atoms with van der Waals surface area (Å²) in [5.74, 6) is -0.124. The largest absolute Gasteiger partial charge is 0.322 e. The molecule has 0 bridgehead atoms. The number of para-hydroxylation sites is 2. The van der Waals surface area contributed by atoms with Gasteiger partial charge in [0.15, 0.2) is 0 Å². The van der Waals surface area contributed by atoms with Crippen LogP contribution in [0.2, 0.25) is 0 Å². The van der Waals surface area contributed by atoms with Crippen molar-refractivity contribution in [3.63, 3.8) is 0 Å². The van der Waals surface area contributed by atoms with Crippen molar-refractivity contribution in [3.8, 4) is 5.69 Å². The first kappa shape index (κ1) is 24.9. The summed E-state index contributed by atoms with van der Waals surface area (Å²) in [5, 5.41) is 2.99. The van der Waals surface area contributed by atoms with Crippen LogP contribution in [0, 0.1) is 5.82 Å². The van der Waals surface area contributed by atoms with Gasteiger partial charge in [-0.3, -0.25) is 9.69 Å². The Morgan fingerprint density at radius 3 is 2.28 bits per heavy atom. The van der Waals surface area contributed by atoms with Crippen LogP contribution in [-0.4, -0.2) is 34.0 Å². The Hall–Kier alpha value is -4.39. The van der Waals surface area contributed by atoms with Crippen molar-refractivity contribution in [1.29, 1.82) is 0 Å². The summed E-state index contributed by atoms with van der Waals surface area (Å²) in [4.78, 5) is 31.0. The number of amides is 3. The number of hydrogen-bond acceptors (Lipinski definition) is 2. The third-order valence-electron chi connectivity index (χ3n) is 7.56. The third kappa shape index (κ3) is 4.80. The van der Waals surface area contributed by atoms with E-state index in [1.165, 1.54) is 17.7 Å².